The van der Waals surface area contributed by atoms with Crippen molar-refractivity contribution in [3.63, 3.8) is 0 Å². The van der Waals surface area contributed by atoms with Crippen LogP contribution in [0.2, 0.25) is 0 Å². The molecule has 4 nitrogen and oxygen atoms in total. The second kappa shape index (κ2) is 5.82. The predicted molar refractivity (Wildman–Crippen MR) is 59.8 cm³/mol. The SMILES string of the molecule is Cc1ncc(CNCC(=O)OC(C)C)s1. The first-order chi connectivity index (χ1) is 7.08. The lowest BCUT2D eigenvalue weighted by molar-refractivity contribution is -0.146. The Bertz CT molecular complexity index is 323. The van der Waals surface area contributed by atoms with Crippen molar-refractivity contribution in [3.8, 4) is 0 Å². The summed E-state index contributed by atoms with van der Waals surface area (Å²) in [5, 5.41) is 4.05. The average Bonchev–Trinajstić information content (AvgIpc) is 2.50. The minimum atomic E-state index is -0.216. The number of hydrogen-bond donors (Lipinski definition) is 1. The summed E-state index contributed by atoms with van der Waals surface area (Å²) in [6.07, 6.45) is 1.77. The molecule has 1 N–H and O–H groups in total. The molecule has 15 heavy (non-hydrogen) atoms. The molecule has 1 aromatic rings. The van der Waals surface area contributed by atoms with E-state index in [-0.39, 0.29) is 18.6 Å². The highest BCUT2D eigenvalue weighted by atomic mass is 32.1. The lowest BCUT2D eigenvalue weighted by Crippen LogP contribution is -2.25. The molecule has 0 bridgehead atoms. The molecule has 0 aliphatic heterocycles. The van der Waals surface area contributed by atoms with Crippen LogP contribution in [0.4, 0.5) is 0 Å². The van der Waals surface area contributed by atoms with Crippen molar-refractivity contribution >= 4 is 17.3 Å². The first-order valence-electron chi connectivity index (χ1n) is 4.89. The van der Waals surface area contributed by atoms with Crippen LogP contribution in [0.1, 0.15) is 23.7 Å². The number of aryl methyl sites for hydroxylation is 1. The van der Waals surface area contributed by atoms with Crippen molar-refractivity contribution in [2.45, 2.75) is 33.4 Å². The molecular weight excluding hydrogens is 212 g/mol. The Morgan fingerprint density at radius 1 is 1.67 bits per heavy atom. The molecule has 0 unspecified atom stereocenters. The Labute approximate surface area is 93.7 Å². The fourth-order valence-corrected chi connectivity index (χ4v) is 1.84. The molecule has 84 valence electrons. The summed E-state index contributed by atoms with van der Waals surface area (Å²) >= 11 is 1.63. The Balaban J connectivity index is 2.19. The van der Waals surface area contributed by atoms with Gasteiger partial charge in [0.05, 0.1) is 17.7 Å². The standard InChI is InChI=1S/C10H16N2O2S/c1-7(2)14-10(13)6-11-4-9-5-12-8(3)15-9/h5,7,11H,4,6H2,1-3H3. The molecule has 0 amide bonds. The van der Waals surface area contributed by atoms with Gasteiger partial charge in [-0.1, -0.05) is 0 Å². The number of aromatic nitrogens is 1. The Kier molecular flexibility index (Phi) is 4.71. The normalized spacial score (nSPS) is 10.7. The van der Waals surface area contributed by atoms with Crippen molar-refractivity contribution in [2.24, 2.45) is 0 Å². The van der Waals surface area contributed by atoms with E-state index < -0.39 is 0 Å². The Hall–Kier alpha value is -0.940. The van der Waals surface area contributed by atoms with Gasteiger partial charge in [-0.3, -0.25) is 4.79 Å². The van der Waals surface area contributed by atoms with Gasteiger partial charge < -0.3 is 10.1 Å². The third kappa shape index (κ3) is 4.90. The second-order valence-corrected chi connectivity index (χ2v) is 4.81. The Morgan fingerprint density at radius 2 is 2.40 bits per heavy atom. The zero-order valence-electron chi connectivity index (χ0n) is 9.24. The maximum Gasteiger partial charge on any atom is 0.320 e. The van der Waals surface area contributed by atoms with Crippen LogP contribution in [0.3, 0.4) is 0 Å². The van der Waals surface area contributed by atoms with Crippen LogP contribution in [-0.4, -0.2) is 23.6 Å². The van der Waals surface area contributed by atoms with Crippen LogP contribution in [0.25, 0.3) is 0 Å². The zero-order valence-corrected chi connectivity index (χ0v) is 10.1. The Morgan fingerprint density at radius 3 is 2.93 bits per heavy atom. The highest BCUT2D eigenvalue weighted by Crippen LogP contribution is 2.10. The smallest absolute Gasteiger partial charge is 0.320 e. The largest absolute Gasteiger partial charge is 0.462 e. The summed E-state index contributed by atoms with van der Waals surface area (Å²) in [6.45, 7) is 6.55. The molecule has 0 saturated carbocycles. The molecule has 0 spiro atoms. The van der Waals surface area contributed by atoms with E-state index in [9.17, 15) is 4.79 Å². The fraction of sp³-hybridized carbons (Fsp3) is 0.600. The molecule has 5 heteroatoms. The van der Waals surface area contributed by atoms with Gasteiger partial charge in [0.2, 0.25) is 0 Å². The van der Waals surface area contributed by atoms with Crippen LogP contribution in [0.5, 0.6) is 0 Å². The maximum atomic E-state index is 11.2. The van der Waals surface area contributed by atoms with Gasteiger partial charge in [0.25, 0.3) is 0 Å². The highest BCUT2D eigenvalue weighted by molar-refractivity contribution is 7.11. The monoisotopic (exact) mass is 228 g/mol. The van der Waals surface area contributed by atoms with Crippen molar-refractivity contribution in [1.82, 2.24) is 10.3 Å². The van der Waals surface area contributed by atoms with Gasteiger partial charge in [-0.15, -0.1) is 11.3 Å². The summed E-state index contributed by atoms with van der Waals surface area (Å²) < 4.78 is 4.98. The molecule has 0 fully saturated rings. The van der Waals surface area contributed by atoms with Crippen LogP contribution < -0.4 is 5.32 Å². The number of hydrogen-bond acceptors (Lipinski definition) is 5. The molecule has 0 saturated heterocycles. The van der Waals surface area contributed by atoms with Gasteiger partial charge in [-0.25, -0.2) is 4.98 Å². The van der Waals surface area contributed by atoms with Gasteiger partial charge in [0, 0.05) is 17.6 Å². The van der Waals surface area contributed by atoms with E-state index >= 15 is 0 Å². The van der Waals surface area contributed by atoms with E-state index in [0.29, 0.717) is 6.54 Å². The number of carbonyl (C=O) groups excluding carboxylic acids is 1. The first-order valence-corrected chi connectivity index (χ1v) is 5.71. The third-order valence-corrected chi connectivity index (χ3v) is 2.52. The lowest BCUT2D eigenvalue weighted by atomic mass is 10.5. The van der Waals surface area contributed by atoms with Crippen LogP contribution in [-0.2, 0) is 16.1 Å². The summed E-state index contributed by atoms with van der Waals surface area (Å²) in [5.41, 5.74) is 0. The summed E-state index contributed by atoms with van der Waals surface area (Å²) in [7, 11) is 0. The molecule has 1 aromatic heterocycles. The molecule has 0 atom stereocenters. The topological polar surface area (TPSA) is 51.2 Å². The number of rotatable bonds is 5. The number of carbonyl (C=O) groups is 1. The maximum absolute atomic E-state index is 11.2. The van der Waals surface area contributed by atoms with Gasteiger partial charge in [-0.2, -0.15) is 0 Å². The van der Waals surface area contributed by atoms with E-state index in [1.807, 2.05) is 27.0 Å². The third-order valence-electron chi connectivity index (χ3n) is 1.60. The molecular formula is C10H16N2O2S. The number of thiazole rings is 1. The molecule has 0 aliphatic rings. The number of nitrogens with zero attached hydrogens (tertiary/aromatic N) is 1. The average molecular weight is 228 g/mol. The summed E-state index contributed by atoms with van der Waals surface area (Å²) in [6, 6.07) is 0. The minimum Gasteiger partial charge on any atom is -0.462 e. The molecule has 0 aliphatic carbocycles. The quantitative estimate of drug-likeness (QED) is 0.776. The van der Waals surface area contributed by atoms with Crippen molar-refractivity contribution in [2.75, 3.05) is 6.54 Å². The number of nitrogens with one attached hydrogen (secondary N) is 1. The summed E-state index contributed by atoms with van der Waals surface area (Å²) in [5.74, 6) is -0.216. The van der Waals surface area contributed by atoms with Crippen LogP contribution in [0.15, 0.2) is 6.20 Å². The molecule has 1 heterocycles. The molecule has 0 aromatic carbocycles. The van der Waals surface area contributed by atoms with E-state index in [0.717, 1.165) is 9.88 Å². The number of ether oxygens (including phenoxy) is 1. The number of esters is 1. The van der Waals surface area contributed by atoms with Gasteiger partial charge in [-0.05, 0) is 20.8 Å². The second-order valence-electron chi connectivity index (χ2n) is 3.49. The van der Waals surface area contributed by atoms with E-state index in [4.69, 9.17) is 4.74 Å². The first kappa shape index (κ1) is 12.1. The zero-order chi connectivity index (χ0) is 11.3. The van der Waals surface area contributed by atoms with Gasteiger partial charge >= 0.3 is 5.97 Å². The summed E-state index contributed by atoms with van der Waals surface area (Å²) in [4.78, 5) is 16.4. The molecule has 1 rings (SSSR count). The lowest BCUT2D eigenvalue weighted by Gasteiger charge is -2.07. The minimum absolute atomic E-state index is 0.0510. The highest BCUT2D eigenvalue weighted by Gasteiger charge is 2.05. The van der Waals surface area contributed by atoms with Crippen LogP contribution >= 0.6 is 11.3 Å². The van der Waals surface area contributed by atoms with Crippen molar-refractivity contribution in [3.05, 3.63) is 16.1 Å². The molecule has 0 radical (unpaired) electrons. The van der Waals surface area contributed by atoms with E-state index in [2.05, 4.69) is 10.3 Å². The van der Waals surface area contributed by atoms with Gasteiger partial charge in [0.1, 0.15) is 0 Å². The fourth-order valence-electron chi connectivity index (χ4n) is 1.08. The van der Waals surface area contributed by atoms with Crippen molar-refractivity contribution < 1.29 is 9.53 Å². The van der Waals surface area contributed by atoms with Gasteiger partial charge in [0.15, 0.2) is 0 Å². The van der Waals surface area contributed by atoms with E-state index in [1.54, 1.807) is 11.3 Å². The van der Waals surface area contributed by atoms with E-state index in [1.165, 1.54) is 0 Å². The predicted octanol–water partition coefficient (Wildman–Crippen LogP) is 1.49. The van der Waals surface area contributed by atoms with Crippen molar-refractivity contribution in [1.29, 1.82) is 0 Å². The van der Waals surface area contributed by atoms with Crippen LogP contribution in [0, 0.1) is 6.92 Å².